The third-order valence-electron chi connectivity index (χ3n) is 11.8. The highest BCUT2D eigenvalue weighted by atomic mass is 35.5. The van der Waals surface area contributed by atoms with E-state index >= 15 is 4.79 Å². The highest BCUT2D eigenvalue weighted by molar-refractivity contribution is 6.30. The fraction of sp³-hybridized carbons (Fsp3) is 0.340. The molecule has 0 saturated carbocycles. The second-order valence-corrected chi connectivity index (χ2v) is 17.5. The molecule has 0 bridgehead atoms. The number of rotatable bonds is 5. The number of hydrogen-bond donors (Lipinski definition) is 1. The molecule has 0 aliphatic carbocycles. The van der Waals surface area contributed by atoms with Crippen LogP contribution in [0.15, 0.2) is 89.9 Å². The summed E-state index contributed by atoms with van der Waals surface area (Å²) in [4.78, 5) is 65.6. The quantitative estimate of drug-likeness (QED) is 0.164. The Morgan fingerprint density at radius 1 is 0.864 bits per heavy atom. The molecule has 4 aromatic rings. The molecule has 4 aliphatic heterocycles. The lowest BCUT2D eigenvalue weighted by Crippen LogP contribution is -2.54. The van der Waals surface area contributed by atoms with E-state index in [2.05, 4.69) is 68.0 Å². The molecular weight excluding hydrogens is 783 g/mol. The van der Waals surface area contributed by atoms with Gasteiger partial charge in [-0.05, 0) is 83.0 Å². The van der Waals surface area contributed by atoms with E-state index in [-0.39, 0.29) is 36.2 Å². The molecule has 5 amide bonds. The summed E-state index contributed by atoms with van der Waals surface area (Å²) in [6, 6.07) is 25.6. The molecule has 3 atom stereocenters. The molecule has 4 aliphatic rings. The number of urea groups is 1. The molecule has 12 heteroatoms. The van der Waals surface area contributed by atoms with Gasteiger partial charge in [-0.1, -0.05) is 104 Å². The first-order valence-electron chi connectivity index (χ1n) is 20.0. The number of fused-ring (bicyclic) bond motifs is 1. The monoisotopic (exact) mass is 828 g/mol. The topological polar surface area (TPSA) is 106 Å². The first kappa shape index (κ1) is 40.3. The largest absolute Gasteiger partial charge is 0.326 e. The van der Waals surface area contributed by atoms with Gasteiger partial charge in [0.25, 0.3) is 5.91 Å². The lowest BCUT2D eigenvalue weighted by molar-refractivity contribution is -0.136. The van der Waals surface area contributed by atoms with Crippen molar-refractivity contribution >= 4 is 52.8 Å². The van der Waals surface area contributed by atoms with Crippen LogP contribution in [-0.2, 0) is 21.5 Å². The van der Waals surface area contributed by atoms with Crippen LogP contribution < -0.4 is 5.32 Å². The molecule has 2 saturated heterocycles. The van der Waals surface area contributed by atoms with Crippen LogP contribution in [0.4, 0.5) is 4.79 Å². The Bertz CT molecular complexity index is 2420. The minimum absolute atomic E-state index is 0.0445. The third-order valence-corrected chi connectivity index (χ3v) is 12.3. The van der Waals surface area contributed by atoms with Crippen LogP contribution in [0.1, 0.15) is 95.0 Å². The van der Waals surface area contributed by atoms with Crippen LogP contribution in [0.3, 0.4) is 0 Å². The van der Waals surface area contributed by atoms with Gasteiger partial charge in [0, 0.05) is 65.9 Å². The number of halogens is 2. The maximum absolute atomic E-state index is 15.0. The van der Waals surface area contributed by atoms with E-state index in [9.17, 15) is 14.4 Å². The number of nitrogens with one attached hydrogen (secondary N) is 1. The van der Waals surface area contributed by atoms with Gasteiger partial charge in [-0.15, -0.1) is 0 Å². The zero-order valence-corrected chi connectivity index (χ0v) is 35.1. The van der Waals surface area contributed by atoms with Gasteiger partial charge in [0.1, 0.15) is 17.9 Å². The fourth-order valence-electron chi connectivity index (χ4n) is 8.43. The number of carbonyl (C=O) groups is 4. The molecule has 302 valence electrons. The second-order valence-electron chi connectivity index (χ2n) is 16.7. The number of imide groups is 1. The Labute approximate surface area is 355 Å². The Hall–Kier alpha value is -5.47. The van der Waals surface area contributed by atoms with Gasteiger partial charge in [-0.3, -0.25) is 34.5 Å². The van der Waals surface area contributed by atoms with Gasteiger partial charge in [-0.25, -0.2) is 4.79 Å². The van der Waals surface area contributed by atoms with Crippen molar-refractivity contribution in [2.45, 2.75) is 70.6 Å². The maximum Gasteiger partial charge on any atom is 0.326 e. The van der Waals surface area contributed by atoms with E-state index in [1.54, 1.807) is 11.0 Å². The molecule has 0 spiro atoms. The van der Waals surface area contributed by atoms with Crippen LogP contribution in [-0.4, -0.2) is 88.0 Å². The van der Waals surface area contributed by atoms with Gasteiger partial charge in [0.2, 0.25) is 11.8 Å². The Morgan fingerprint density at radius 2 is 1.54 bits per heavy atom. The standard InChI is InChI=1S/C47H46Cl2N6O4/c1-29-27-33(47(2,3)4)14-19-36(29)43-51-41(31-10-15-34(48)16-11-31)42(32-12-17-35(49)18-13-32)55(43)46(59)53-25-23-52(24-26-53)22-6-8-30-7-5-9-37-38(30)28-54(45(37)58)39-20-21-40(56)50-44(39)57/h5,7,9-19,27,39,41-42H,20-26,28H2,1-4H3,(H,50,56,57)/t39?,41-,42+/m0/s1. The van der Waals surface area contributed by atoms with Crippen LogP contribution >= 0.6 is 23.2 Å². The average molecular weight is 830 g/mol. The number of aliphatic imine (C=N–C) groups is 1. The molecule has 1 unspecified atom stereocenters. The second kappa shape index (κ2) is 16.3. The molecule has 8 rings (SSSR count). The number of aryl methyl sites for hydroxylation is 1. The van der Waals surface area contributed by atoms with Gasteiger partial charge < -0.3 is 9.80 Å². The van der Waals surface area contributed by atoms with Gasteiger partial charge in [-0.2, -0.15) is 0 Å². The molecule has 4 aromatic carbocycles. The number of amidine groups is 1. The van der Waals surface area contributed by atoms with Gasteiger partial charge >= 0.3 is 6.03 Å². The first-order chi connectivity index (χ1) is 28.3. The first-order valence-corrected chi connectivity index (χ1v) is 20.8. The van der Waals surface area contributed by atoms with Crippen LogP contribution in [0.25, 0.3) is 0 Å². The van der Waals surface area contributed by atoms with Crippen molar-refractivity contribution in [1.82, 2.24) is 24.9 Å². The normalized spacial score (nSPS) is 20.9. The number of piperazine rings is 1. The van der Waals surface area contributed by atoms with E-state index in [1.807, 2.05) is 70.5 Å². The predicted molar refractivity (Wildman–Crippen MR) is 229 cm³/mol. The molecule has 10 nitrogen and oxygen atoms in total. The highest BCUT2D eigenvalue weighted by Gasteiger charge is 2.45. The van der Waals surface area contributed by atoms with Gasteiger partial charge in [0.15, 0.2) is 0 Å². The van der Waals surface area contributed by atoms with Crippen molar-refractivity contribution in [3.8, 4) is 11.8 Å². The predicted octanol–water partition coefficient (Wildman–Crippen LogP) is 7.69. The third kappa shape index (κ3) is 8.12. The van der Waals surface area contributed by atoms with E-state index in [1.165, 1.54) is 5.56 Å². The molecule has 2 fully saturated rings. The molecule has 0 radical (unpaired) electrons. The summed E-state index contributed by atoms with van der Waals surface area (Å²) in [5, 5.41) is 3.60. The summed E-state index contributed by atoms with van der Waals surface area (Å²) >= 11 is 12.7. The van der Waals surface area contributed by atoms with E-state index < -0.39 is 24.0 Å². The lowest BCUT2D eigenvalue weighted by atomic mass is 9.85. The van der Waals surface area contributed by atoms with Crippen molar-refractivity contribution in [3.05, 3.63) is 139 Å². The van der Waals surface area contributed by atoms with Crippen molar-refractivity contribution in [3.63, 3.8) is 0 Å². The van der Waals surface area contributed by atoms with Crippen molar-refractivity contribution in [1.29, 1.82) is 0 Å². The van der Waals surface area contributed by atoms with Crippen molar-refractivity contribution in [2.24, 2.45) is 4.99 Å². The SMILES string of the molecule is Cc1cc(C(C)(C)C)ccc1C1=N[C@@H](c2ccc(Cl)cc2)[C@@H](c2ccc(Cl)cc2)N1C(=O)N1CCN(CC#Cc2cccc3c2CN(C2CCC(=O)NC2=O)C3=O)CC1. The molecular formula is C47H46Cl2N6O4. The summed E-state index contributed by atoms with van der Waals surface area (Å²) in [6.45, 7) is 11.7. The number of carbonyl (C=O) groups excluding carboxylic acids is 4. The molecule has 0 aromatic heterocycles. The van der Waals surface area contributed by atoms with Crippen molar-refractivity contribution < 1.29 is 19.2 Å². The number of nitrogens with zero attached hydrogens (tertiary/aromatic N) is 5. The fourth-order valence-corrected chi connectivity index (χ4v) is 8.69. The number of hydrogen-bond acceptors (Lipinski definition) is 6. The Balaban J connectivity index is 1.02. The lowest BCUT2D eigenvalue weighted by Gasteiger charge is -2.38. The van der Waals surface area contributed by atoms with Crippen molar-refractivity contribution in [2.75, 3.05) is 32.7 Å². The zero-order chi connectivity index (χ0) is 41.6. The number of benzene rings is 4. The summed E-state index contributed by atoms with van der Waals surface area (Å²) in [5.41, 5.74) is 7.06. The highest BCUT2D eigenvalue weighted by Crippen LogP contribution is 2.45. The number of piperidine rings is 1. The molecule has 1 N–H and O–H groups in total. The Morgan fingerprint density at radius 3 is 2.19 bits per heavy atom. The van der Waals surface area contributed by atoms with Crippen LogP contribution in [0, 0.1) is 18.8 Å². The average Bonchev–Trinajstić information content (AvgIpc) is 3.77. The zero-order valence-electron chi connectivity index (χ0n) is 33.6. The maximum atomic E-state index is 15.0. The van der Waals surface area contributed by atoms with Gasteiger partial charge in [0.05, 0.1) is 12.6 Å². The number of amides is 5. The summed E-state index contributed by atoms with van der Waals surface area (Å²) < 4.78 is 0. The van der Waals surface area contributed by atoms with Crippen LogP contribution in [0.2, 0.25) is 10.0 Å². The minimum atomic E-state index is -0.682. The summed E-state index contributed by atoms with van der Waals surface area (Å²) in [7, 11) is 0. The van der Waals surface area contributed by atoms with E-state index in [4.69, 9.17) is 28.2 Å². The van der Waals surface area contributed by atoms with Crippen LogP contribution in [0.5, 0.6) is 0 Å². The Kier molecular flexibility index (Phi) is 11.1. The van der Waals surface area contributed by atoms with E-state index in [0.29, 0.717) is 60.6 Å². The molecule has 59 heavy (non-hydrogen) atoms. The minimum Gasteiger partial charge on any atom is -0.322 e. The van der Waals surface area contributed by atoms with E-state index in [0.717, 1.165) is 33.4 Å². The smallest absolute Gasteiger partial charge is 0.322 e. The summed E-state index contributed by atoms with van der Waals surface area (Å²) in [6.07, 6.45) is 0.507. The molecule has 4 heterocycles. The summed E-state index contributed by atoms with van der Waals surface area (Å²) in [5.74, 6) is 6.24.